The van der Waals surface area contributed by atoms with Gasteiger partial charge in [0.05, 0.1) is 0 Å². The standard InChI is InChI=1S/C14H24N2/c1-11-7-6-8-14(9-11)13(3)15-12(2)10-16(4)5/h6-9,12-13,15H,10H2,1-5H3. The van der Waals surface area contributed by atoms with Gasteiger partial charge in [0.1, 0.15) is 0 Å². The Bertz CT molecular complexity index is 320. The third-order valence-corrected chi connectivity index (χ3v) is 2.72. The average molecular weight is 220 g/mol. The fourth-order valence-corrected chi connectivity index (χ4v) is 2.06. The maximum Gasteiger partial charge on any atom is 0.0294 e. The third-order valence-electron chi connectivity index (χ3n) is 2.72. The number of hydrogen-bond donors (Lipinski definition) is 1. The summed E-state index contributed by atoms with van der Waals surface area (Å²) >= 11 is 0. The van der Waals surface area contributed by atoms with Crippen LogP contribution in [-0.4, -0.2) is 31.6 Å². The van der Waals surface area contributed by atoms with Gasteiger partial charge in [0.15, 0.2) is 0 Å². The molecular formula is C14H24N2. The molecule has 0 aliphatic rings. The molecule has 0 heterocycles. The molecule has 0 fully saturated rings. The van der Waals surface area contributed by atoms with Gasteiger partial charge in [-0.05, 0) is 40.4 Å². The van der Waals surface area contributed by atoms with Crippen molar-refractivity contribution in [2.24, 2.45) is 0 Å². The first-order valence-corrected chi connectivity index (χ1v) is 5.96. The lowest BCUT2D eigenvalue weighted by Gasteiger charge is -2.23. The molecule has 1 aromatic carbocycles. The van der Waals surface area contributed by atoms with Gasteiger partial charge >= 0.3 is 0 Å². The molecule has 0 saturated heterocycles. The van der Waals surface area contributed by atoms with Crippen LogP contribution in [0.3, 0.4) is 0 Å². The smallest absolute Gasteiger partial charge is 0.0294 e. The summed E-state index contributed by atoms with van der Waals surface area (Å²) in [5.41, 5.74) is 2.69. The van der Waals surface area contributed by atoms with E-state index in [1.165, 1.54) is 11.1 Å². The predicted octanol–water partition coefficient (Wildman–Crippen LogP) is 2.60. The lowest BCUT2D eigenvalue weighted by atomic mass is 10.1. The van der Waals surface area contributed by atoms with Crippen molar-refractivity contribution < 1.29 is 0 Å². The van der Waals surface area contributed by atoms with Crippen molar-refractivity contribution in [3.05, 3.63) is 35.4 Å². The van der Waals surface area contributed by atoms with E-state index in [-0.39, 0.29) is 0 Å². The van der Waals surface area contributed by atoms with Gasteiger partial charge in [-0.3, -0.25) is 0 Å². The van der Waals surface area contributed by atoms with E-state index < -0.39 is 0 Å². The van der Waals surface area contributed by atoms with Crippen LogP contribution in [0.2, 0.25) is 0 Å². The zero-order valence-corrected chi connectivity index (χ0v) is 11.1. The van der Waals surface area contributed by atoms with E-state index in [1.54, 1.807) is 0 Å². The second kappa shape index (κ2) is 6.02. The zero-order chi connectivity index (χ0) is 12.1. The number of hydrogen-bond acceptors (Lipinski definition) is 2. The molecular weight excluding hydrogens is 196 g/mol. The normalized spacial score (nSPS) is 15.1. The minimum Gasteiger partial charge on any atom is -0.308 e. The molecule has 90 valence electrons. The summed E-state index contributed by atoms with van der Waals surface area (Å²) in [5.74, 6) is 0. The summed E-state index contributed by atoms with van der Waals surface area (Å²) in [6.07, 6.45) is 0. The molecule has 0 aliphatic heterocycles. The summed E-state index contributed by atoms with van der Waals surface area (Å²) in [4.78, 5) is 2.21. The monoisotopic (exact) mass is 220 g/mol. The molecule has 0 aromatic heterocycles. The number of rotatable bonds is 5. The Morgan fingerprint density at radius 1 is 1.25 bits per heavy atom. The van der Waals surface area contributed by atoms with Crippen molar-refractivity contribution in [1.29, 1.82) is 0 Å². The fourth-order valence-electron chi connectivity index (χ4n) is 2.06. The average Bonchev–Trinajstić information content (AvgIpc) is 2.16. The highest BCUT2D eigenvalue weighted by Gasteiger charge is 2.09. The molecule has 0 radical (unpaired) electrons. The van der Waals surface area contributed by atoms with Crippen molar-refractivity contribution in [3.8, 4) is 0 Å². The number of nitrogens with zero attached hydrogens (tertiary/aromatic N) is 1. The van der Waals surface area contributed by atoms with Gasteiger partial charge in [0.25, 0.3) is 0 Å². The third kappa shape index (κ3) is 4.33. The Labute approximate surface area is 99.7 Å². The summed E-state index contributed by atoms with van der Waals surface area (Å²) in [7, 11) is 4.21. The Kier molecular flexibility index (Phi) is 4.97. The van der Waals surface area contributed by atoms with Gasteiger partial charge in [-0.2, -0.15) is 0 Å². The van der Waals surface area contributed by atoms with Crippen molar-refractivity contribution in [2.45, 2.75) is 32.9 Å². The molecule has 2 unspecified atom stereocenters. The quantitative estimate of drug-likeness (QED) is 0.820. The van der Waals surface area contributed by atoms with E-state index in [2.05, 4.69) is 69.3 Å². The number of aryl methyl sites for hydroxylation is 1. The molecule has 2 nitrogen and oxygen atoms in total. The van der Waals surface area contributed by atoms with Gasteiger partial charge in [-0.15, -0.1) is 0 Å². The molecule has 2 heteroatoms. The topological polar surface area (TPSA) is 15.3 Å². The molecule has 0 bridgehead atoms. The second-order valence-corrected chi connectivity index (χ2v) is 4.97. The Balaban J connectivity index is 2.55. The maximum atomic E-state index is 3.61. The maximum absolute atomic E-state index is 3.61. The van der Waals surface area contributed by atoms with Crippen LogP contribution in [-0.2, 0) is 0 Å². The van der Waals surface area contributed by atoms with Crippen LogP contribution >= 0.6 is 0 Å². The molecule has 1 N–H and O–H groups in total. The van der Waals surface area contributed by atoms with Crippen molar-refractivity contribution in [2.75, 3.05) is 20.6 Å². The fraction of sp³-hybridized carbons (Fsp3) is 0.571. The van der Waals surface area contributed by atoms with E-state index in [9.17, 15) is 0 Å². The van der Waals surface area contributed by atoms with Crippen molar-refractivity contribution >= 4 is 0 Å². The molecule has 0 aliphatic carbocycles. The number of nitrogens with one attached hydrogen (secondary N) is 1. The second-order valence-electron chi connectivity index (χ2n) is 4.97. The Morgan fingerprint density at radius 2 is 1.94 bits per heavy atom. The Morgan fingerprint density at radius 3 is 2.50 bits per heavy atom. The van der Waals surface area contributed by atoms with Crippen molar-refractivity contribution in [1.82, 2.24) is 10.2 Å². The molecule has 1 rings (SSSR count). The van der Waals surface area contributed by atoms with Gasteiger partial charge < -0.3 is 10.2 Å². The highest BCUT2D eigenvalue weighted by Crippen LogP contribution is 2.14. The van der Waals surface area contributed by atoms with E-state index in [0.29, 0.717) is 12.1 Å². The summed E-state index contributed by atoms with van der Waals surface area (Å²) in [6, 6.07) is 9.62. The first-order valence-electron chi connectivity index (χ1n) is 5.96. The van der Waals surface area contributed by atoms with E-state index in [0.717, 1.165) is 6.54 Å². The number of benzene rings is 1. The van der Waals surface area contributed by atoms with Crippen LogP contribution in [0.4, 0.5) is 0 Å². The predicted molar refractivity (Wildman–Crippen MR) is 70.7 cm³/mol. The van der Waals surface area contributed by atoms with Crippen molar-refractivity contribution in [3.63, 3.8) is 0 Å². The van der Waals surface area contributed by atoms with Crippen LogP contribution in [0.25, 0.3) is 0 Å². The van der Waals surface area contributed by atoms with Crippen LogP contribution in [0.5, 0.6) is 0 Å². The van der Waals surface area contributed by atoms with Gasteiger partial charge in [-0.1, -0.05) is 29.8 Å². The minimum absolute atomic E-state index is 0.412. The van der Waals surface area contributed by atoms with E-state index >= 15 is 0 Å². The first kappa shape index (κ1) is 13.2. The van der Waals surface area contributed by atoms with E-state index in [1.807, 2.05) is 0 Å². The van der Waals surface area contributed by atoms with Gasteiger partial charge in [-0.25, -0.2) is 0 Å². The molecule has 0 saturated carbocycles. The zero-order valence-electron chi connectivity index (χ0n) is 11.1. The van der Waals surface area contributed by atoms with Gasteiger partial charge in [0.2, 0.25) is 0 Å². The summed E-state index contributed by atoms with van der Waals surface area (Å²) < 4.78 is 0. The Hall–Kier alpha value is -0.860. The SMILES string of the molecule is Cc1cccc(C(C)NC(C)CN(C)C)c1. The molecule has 0 amide bonds. The first-order chi connectivity index (χ1) is 7.49. The lowest BCUT2D eigenvalue weighted by Crippen LogP contribution is -2.37. The highest BCUT2D eigenvalue weighted by molar-refractivity contribution is 5.24. The van der Waals surface area contributed by atoms with Crippen LogP contribution in [0, 0.1) is 6.92 Å². The van der Waals surface area contributed by atoms with Crippen LogP contribution in [0.1, 0.15) is 31.0 Å². The van der Waals surface area contributed by atoms with Crippen LogP contribution < -0.4 is 5.32 Å². The van der Waals surface area contributed by atoms with Gasteiger partial charge in [0, 0.05) is 18.6 Å². The molecule has 16 heavy (non-hydrogen) atoms. The summed E-state index contributed by atoms with van der Waals surface area (Å²) in [5, 5.41) is 3.61. The lowest BCUT2D eigenvalue weighted by molar-refractivity contribution is 0.334. The molecule has 0 spiro atoms. The minimum atomic E-state index is 0.412. The van der Waals surface area contributed by atoms with Crippen LogP contribution in [0.15, 0.2) is 24.3 Å². The molecule has 1 aromatic rings. The highest BCUT2D eigenvalue weighted by atomic mass is 15.1. The van der Waals surface area contributed by atoms with E-state index in [4.69, 9.17) is 0 Å². The largest absolute Gasteiger partial charge is 0.308 e. The molecule has 2 atom stereocenters. The summed E-state index contributed by atoms with van der Waals surface area (Å²) in [6.45, 7) is 7.66. The number of likely N-dealkylation sites (N-methyl/N-ethyl adjacent to an activating group) is 1.